The summed E-state index contributed by atoms with van der Waals surface area (Å²) >= 11 is 0. The Bertz CT molecular complexity index is 736. The van der Waals surface area contributed by atoms with Crippen molar-refractivity contribution in [2.24, 2.45) is 0 Å². The summed E-state index contributed by atoms with van der Waals surface area (Å²) in [5, 5.41) is 39.6. The molecule has 0 aliphatic heterocycles. The quantitative estimate of drug-likeness (QED) is 0.515. The van der Waals surface area contributed by atoms with Gasteiger partial charge in [0.1, 0.15) is 6.10 Å². The number of hydrogen-bond acceptors (Lipinski definition) is 8. The van der Waals surface area contributed by atoms with E-state index < -0.39 is 18.8 Å². The molecule has 0 spiro atoms. The van der Waals surface area contributed by atoms with Crippen LogP contribution in [0.5, 0.6) is 28.7 Å². The second-order valence-corrected chi connectivity index (χ2v) is 5.70. The van der Waals surface area contributed by atoms with E-state index in [1.54, 1.807) is 18.2 Å². The lowest BCUT2D eigenvalue weighted by Gasteiger charge is -2.24. The summed E-state index contributed by atoms with van der Waals surface area (Å²) in [5.41, 5.74) is 0.958. The lowest BCUT2D eigenvalue weighted by Crippen LogP contribution is -2.29. The van der Waals surface area contributed by atoms with E-state index in [-0.39, 0.29) is 23.9 Å². The van der Waals surface area contributed by atoms with Crippen LogP contribution in [0.4, 0.5) is 0 Å². The number of aliphatic hydroxyl groups excluding tert-OH is 3. The molecule has 0 saturated heterocycles. The molecular weight excluding hydrogens is 356 g/mol. The van der Waals surface area contributed by atoms with Gasteiger partial charge in [0.15, 0.2) is 29.1 Å². The van der Waals surface area contributed by atoms with Crippen LogP contribution in [0.15, 0.2) is 30.3 Å². The molecule has 2 aromatic carbocycles. The monoisotopic (exact) mass is 380 g/mol. The average molecular weight is 380 g/mol. The van der Waals surface area contributed by atoms with Gasteiger partial charge in [0.2, 0.25) is 5.75 Å². The summed E-state index contributed by atoms with van der Waals surface area (Å²) in [6, 6.07) is 7.69. The first kappa shape index (κ1) is 20.6. The number of phenolic OH excluding ortho intramolecular Hbond substituents is 1. The molecule has 0 saturated carbocycles. The van der Waals surface area contributed by atoms with Crippen molar-refractivity contribution >= 4 is 0 Å². The Labute approximate surface area is 157 Å². The number of benzene rings is 2. The Morgan fingerprint density at radius 2 is 1.44 bits per heavy atom. The minimum absolute atomic E-state index is 0.116. The molecule has 0 aromatic heterocycles. The summed E-state index contributed by atoms with van der Waals surface area (Å²) in [6.07, 6.45) is -2.28. The molecule has 0 amide bonds. The van der Waals surface area contributed by atoms with Gasteiger partial charge >= 0.3 is 0 Å². The third-order valence-corrected chi connectivity index (χ3v) is 4.06. The number of ether oxygens (including phenoxy) is 4. The predicted molar refractivity (Wildman–Crippen MR) is 96.6 cm³/mol. The fraction of sp³-hybridized carbons (Fsp3) is 0.368. The summed E-state index contributed by atoms with van der Waals surface area (Å²) in [7, 11) is 4.19. The maximum absolute atomic E-state index is 10.7. The van der Waals surface area contributed by atoms with Crippen LogP contribution in [0.2, 0.25) is 0 Å². The number of phenols is 1. The summed E-state index contributed by atoms with van der Waals surface area (Å²) in [4.78, 5) is 0. The highest BCUT2D eigenvalue weighted by atomic mass is 16.5. The van der Waals surface area contributed by atoms with Gasteiger partial charge in [-0.3, -0.25) is 0 Å². The molecule has 0 fully saturated rings. The van der Waals surface area contributed by atoms with Crippen LogP contribution in [-0.4, -0.2) is 54.5 Å². The highest BCUT2D eigenvalue weighted by Crippen LogP contribution is 2.40. The topological polar surface area (TPSA) is 118 Å². The van der Waals surface area contributed by atoms with Crippen LogP contribution in [-0.2, 0) is 6.61 Å². The van der Waals surface area contributed by atoms with E-state index in [2.05, 4.69) is 0 Å². The van der Waals surface area contributed by atoms with E-state index in [9.17, 15) is 20.4 Å². The molecule has 0 aliphatic rings. The second-order valence-electron chi connectivity index (χ2n) is 5.70. The molecule has 8 heteroatoms. The fourth-order valence-corrected chi connectivity index (χ4v) is 2.57. The highest BCUT2D eigenvalue weighted by molar-refractivity contribution is 5.53. The van der Waals surface area contributed by atoms with Crippen LogP contribution in [0.1, 0.15) is 17.2 Å². The largest absolute Gasteiger partial charge is 0.502 e. The van der Waals surface area contributed by atoms with Crippen LogP contribution in [0.3, 0.4) is 0 Å². The molecule has 0 heterocycles. The van der Waals surface area contributed by atoms with Gasteiger partial charge < -0.3 is 39.4 Å². The molecule has 2 atom stereocenters. The molecule has 0 bridgehead atoms. The lowest BCUT2D eigenvalue weighted by molar-refractivity contribution is -0.000636. The second kappa shape index (κ2) is 9.31. The highest BCUT2D eigenvalue weighted by Gasteiger charge is 2.26. The van der Waals surface area contributed by atoms with E-state index in [0.29, 0.717) is 22.6 Å². The number of aliphatic hydroxyl groups is 3. The molecular formula is C19H24O8. The Morgan fingerprint density at radius 1 is 0.852 bits per heavy atom. The van der Waals surface area contributed by atoms with Crippen molar-refractivity contribution in [3.05, 3.63) is 41.5 Å². The van der Waals surface area contributed by atoms with Crippen LogP contribution in [0, 0.1) is 0 Å². The van der Waals surface area contributed by atoms with E-state index in [4.69, 9.17) is 18.9 Å². The molecule has 4 N–H and O–H groups in total. The third kappa shape index (κ3) is 4.54. The van der Waals surface area contributed by atoms with Gasteiger partial charge in [-0.1, -0.05) is 6.07 Å². The van der Waals surface area contributed by atoms with Crippen LogP contribution < -0.4 is 18.9 Å². The molecule has 0 aliphatic carbocycles. The zero-order chi connectivity index (χ0) is 20.0. The summed E-state index contributed by atoms with van der Waals surface area (Å²) < 4.78 is 21.1. The van der Waals surface area contributed by atoms with E-state index in [0.717, 1.165) is 0 Å². The lowest BCUT2D eigenvalue weighted by atomic mass is 10.0. The SMILES string of the molecule is COc1cc(CO)ccc1O[C@@H](CO)[C@@H](O)c1cc(OC)c(O)c(OC)c1. The third-order valence-electron chi connectivity index (χ3n) is 4.06. The molecule has 0 radical (unpaired) electrons. The number of aromatic hydroxyl groups is 1. The van der Waals surface area contributed by atoms with Crippen molar-refractivity contribution < 1.29 is 39.4 Å². The van der Waals surface area contributed by atoms with Crippen molar-refractivity contribution in [1.29, 1.82) is 0 Å². The Hall–Kier alpha value is -2.68. The summed E-state index contributed by atoms with van der Waals surface area (Å²) in [5.74, 6) is 0.687. The number of rotatable bonds is 9. The predicted octanol–water partition coefficient (Wildman–Crippen LogP) is 1.38. The maximum Gasteiger partial charge on any atom is 0.200 e. The molecule has 8 nitrogen and oxygen atoms in total. The van der Waals surface area contributed by atoms with Gasteiger partial charge in [-0.2, -0.15) is 0 Å². The standard InChI is InChI=1S/C19H24O8/c1-24-14-6-11(9-20)4-5-13(14)27-17(10-21)18(22)12-7-15(25-2)19(23)16(8-12)26-3/h4-8,17-18,20-23H,9-10H2,1-3H3/t17-,18-/m0/s1. The van der Waals surface area contributed by atoms with E-state index >= 15 is 0 Å². The van der Waals surface area contributed by atoms with Crippen LogP contribution in [0.25, 0.3) is 0 Å². The van der Waals surface area contributed by atoms with Crippen molar-refractivity contribution in [2.75, 3.05) is 27.9 Å². The smallest absolute Gasteiger partial charge is 0.200 e. The van der Waals surface area contributed by atoms with E-state index in [1.807, 2.05) is 0 Å². The first-order valence-electron chi connectivity index (χ1n) is 8.17. The Balaban J connectivity index is 2.32. The maximum atomic E-state index is 10.7. The van der Waals surface area contributed by atoms with E-state index in [1.165, 1.54) is 33.5 Å². The molecule has 2 aromatic rings. The first-order chi connectivity index (χ1) is 13.0. The first-order valence-corrected chi connectivity index (χ1v) is 8.17. The normalized spacial score (nSPS) is 13.0. The minimum atomic E-state index is -1.25. The summed E-state index contributed by atoms with van der Waals surface area (Å²) in [6.45, 7) is -0.645. The molecule has 2 rings (SSSR count). The van der Waals surface area contributed by atoms with Crippen molar-refractivity contribution in [2.45, 2.75) is 18.8 Å². The van der Waals surface area contributed by atoms with Crippen LogP contribution >= 0.6 is 0 Å². The molecule has 148 valence electrons. The fourth-order valence-electron chi connectivity index (χ4n) is 2.57. The van der Waals surface area contributed by atoms with Crippen molar-refractivity contribution in [1.82, 2.24) is 0 Å². The van der Waals surface area contributed by atoms with Crippen molar-refractivity contribution in [3.63, 3.8) is 0 Å². The minimum Gasteiger partial charge on any atom is -0.502 e. The van der Waals surface area contributed by atoms with Gasteiger partial charge in [-0.15, -0.1) is 0 Å². The van der Waals surface area contributed by atoms with Crippen molar-refractivity contribution in [3.8, 4) is 28.7 Å². The zero-order valence-electron chi connectivity index (χ0n) is 15.4. The van der Waals surface area contributed by atoms with Gasteiger partial charge in [0, 0.05) is 0 Å². The Morgan fingerprint density at radius 3 is 1.93 bits per heavy atom. The van der Waals surface area contributed by atoms with Gasteiger partial charge in [-0.05, 0) is 35.4 Å². The van der Waals surface area contributed by atoms with Gasteiger partial charge in [0.25, 0.3) is 0 Å². The number of methoxy groups -OCH3 is 3. The average Bonchev–Trinajstić information content (AvgIpc) is 2.71. The zero-order valence-corrected chi connectivity index (χ0v) is 15.4. The molecule has 0 unspecified atom stereocenters. The molecule has 27 heavy (non-hydrogen) atoms. The Kier molecular flexibility index (Phi) is 7.12. The number of hydrogen-bond donors (Lipinski definition) is 4. The van der Waals surface area contributed by atoms with Gasteiger partial charge in [0.05, 0.1) is 34.5 Å². The van der Waals surface area contributed by atoms with Gasteiger partial charge in [-0.25, -0.2) is 0 Å².